The molecule has 2 aromatic carbocycles. The summed E-state index contributed by atoms with van der Waals surface area (Å²) in [4.78, 5) is 0. The number of hydrogen-bond donors (Lipinski definition) is 1. The second-order valence-corrected chi connectivity index (χ2v) is 4.51. The van der Waals surface area contributed by atoms with Crippen molar-refractivity contribution >= 4 is 5.69 Å². The Morgan fingerprint density at radius 3 is 2.56 bits per heavy atom. The van der Waals surface area contributed by atoms with E-state index in [-0.39, 0.29) is 5.82 Å². The zero-order valence-electron chi connectivity index (χ0n) is 10.5. The van der Waals surface area contributed by atoms with Gasteiger partial charge in [-0.05, 0) is 35.7 Å². The molecule has 3 heteroatoms. The molecule has 2 aromatic rings. The van der Waals surface area contributed by atoms with Crippen LogP contribution in [0, 0.1) is 5.82 Å². The standard InChI is InChI=1S/C15H16FNO/c1-10(2)11-4-3-5-13(8-11)18-15-7-6-12(16)9-14(15)17/h3-10H,17H2,1-2H3. The van der Waals surface area contributed by atoms with Gasteiger partial charge in [0.1, 0.15) is 11.6 Å². The second-order valence-electron chi connectivity index (χ2n) is 4.51. The number of anilines is 1. The van der Waals surface area contributed by atoms with Crippen molar-refractivity contribution in [1.82, 2.24) is 0 Å². The van der Waals surface area contributed by atoms with Crippen molar-refractivity contribution in [1.29, 1.82) is 0 Å². The molecule has 0 unspecified atom stereocenters. The first kappa shape index (κ1) is 12.4. The topological polar surface area (TPSA) is 35.2 Å². The average Bonchev–Trinajstić information content (AvgIpc) is 2.33. The van der Waals surface area contributed by atoms with Gasteiger partial charge in [-0.1, -0.05) is 26.0 Å². The number of benzene rings is 2. The van der Waals surface area contributed by atoms with Crippen molar-refractivity contribution in [2.75, 3.05) is 5.73 Å². The molecule has 18 heavy (non-hydrogen) atoms. The lowest BCUT2D eigenvalue weighted by Crippen LogP contribution is -1.94. The fraction of sp³-hybridized carbons (Fsp3) is 0.200. The average molecular weight is 245 g/mol. The van der Waals surface area contributed by atoms with Crippen LogP contribution in [-0.4, -0.2) is 0 Å². The Balaban J connectivity index is 2.25. The first-order valence-corrected chi connectivity index (χ1v) is 5.89. The highest BCUT2D eigenvalue weighted by Crippen LogP contribution is 2.29. The van der Waals surface area contributed by atoms with Crippen molar-refractivity contribution in [3.05, 3.63) is 53.8 Å². The van der Waals surface area contributed by atoms with Crippen molar-refractivity contribution in [2.45, 2.75) is 19.8 Å². The SMILES string of the molecule is CC(C)c1cccc(Oc2ccc(F)cc2N)c1. The van der Waals surface area contributed by atoms with E-state index in [0.29, 0.717) is 23.1 Å². The molecule has 0 bridgehead atoms. The Bertz CT molecular complexity index is 552. The molecule has 0 spiro atoms. The van der Waals surface area contributed by atoms with E-state index in [4.69, 9.17) is 10.5 Å². The third kappa shape index (κ3) is 2.80. The number of nitrogens with two attached hydrogens (primary N) is 1. The van der Waals surface area contributed by atoms with Crippen molar-refractivity contribution in [2.24, 2.45) is 0 Å². The Hall–Kier alpha value is -2.03. The number of nitrogen functional groups attached to an aromatic ring is 1. The minimum absolute atomic E-state index is 0.296. The molecule has 2 nitrogen and oxygen atoms in total. The summed E-state index contributed by atoms with van der Waals surface area (Å²) >= 11 is 0. The van der Waals surface area contributed by atoms with Crippen LogP contribution < -0.4 is 10.5 Å². The molecule has 0 saturated carbocycles. The highest BCUT2D eigenvalue weighted by molar-refractivity contribution is 5.54. The van der Waals surface area contributed by atoms with E-state index < -0.39 is 0 Å². The molecular formula is C15H16FNO. The summed E-state index contributed by atoms with van der Waals surface area (Å²) in [6.45, 7) is 4.23. The maximum absolute atomic E-state index is 12.9. The van der Waals surface area contributed by atoms with Crippen LogP contribution >= 0.6 is 0 Å². The highest BCUT2D eigenvalue weighted by atomic mass is 19.1. The van der Waals surface area contributed by atoms with E-state index in [1.165, 1.54) is 23.8 Å². The zero-order chi connectivity index (χ0) is 13.1. The summed E-state index contributed by atoms with van der Waals surface area (Å²) in [5.41, 5.74) is 7.19. The number of ether oxygens (including phenoxy) is 1. The summed E-state index contributed by atoms with van der Waals surface area (Å²) in [6, 6.07) is 11.9. The quantitative estimate of drug-likeness (QED) is 0.817. The van der Waals surface area contributed by atoms with Crippen LogP contribution in [-0.2, 0) is 0 Å². The van der Waals surface area contributed by atoms with Gasteiger partial charge in [0.25, 0.3) is 0 Å². The molecule has 0 atom stereocenters. The molecule has 0 heterocycles. The number of halogens is 1. The van der Waals surface area contributed by atoms with E-state index in [9.17, 15) is 4.39 Å². The van der Waals surface area contributed by atoms with E-state index >= 15 is 0 Å². The summed E-state index contributed by atoms with van der Waals surface area (Å²) in [5.74, 6) is 1.24. The molecule has 2 N–H and O–H groups in total. The normalized spacial score (nSPS) is 10.7. The van der Waals surface area contributed by atoms with Crippen LogP contribution in [0.2, 0.25) is 0 Å². The monoisotopic (exact) mass is 245 g/mol. The van der Waals surface area contributed by atoms with Gasteiger partial charge in [-0.2, -0.15) is 0 Å². The Morgan fingerprint density at radius 1 is 1.11 bits per heavy atom. The van der Waals surface area contributed by atoms with Crippen molar-refractivity contribution in [3.63, 3.8) is 0 Å². The third-order valence-electron chi connectivity index (χ3n) is 2.72. The fourth-order valence-corrected chi connectivity index (χ4v) is 1.68. The van der Waals surface area contributed by atoms with Crippen LogP contribution in [0.5, 0.6) is 11.5 Å². The maximum Gasteiger partial charge on any atom is 0.150 e. The van der Waals surface area contributed by atoms with Gasteiger partial charge in [0.2, 0.25) is 0 Å². The molecule has 0 aliphatic rings. The number of hydrogen-bond acceptors (Lipinski definition) is 2. The second kappa shape index (κ2) is 5.08. The minimum Gasteiger partial charge on any atom is -0.455 e. The Kier molecular flexibility index (Phi) is 3.51. The maximum atomic E-state index is 12.9. The molecule has 0 amide bonds. The molecule has 0 saturated heterocycles. The predicted octanol–water partition coefficient (Wildman–Crippen LogP) is 4.32. The zero-order valence-corrected chi connectivity index (χ0v) is 10.5. The largest absolute Gasteiger partial charge is 0.455 e. The first-order valence-electron chi connectivity index (χ1n) is 5.89. The van der Waals surface area contributed by atoms with Crippen molar-refractivity contribution in [3.8, 4) is 11.5 Å². The predicted molar refractivity (Wildman–Crippen MR) is 71.4 cm³/mol. The van der Waals surface area contributed by atoms with Crippen LogP contribution in [0.3, 0.4) is 0 Å². The fourth-order valence-electron chi connectivity index (χ4n) is 1.68. The Morgan fingerprint density at radius 2 is 1.89 bits per heavy atom. The van der Waals surface area contributed by atoms with Crippen LogP contribution in [0.1, 0.15) is 25.3 Å². The molecule has 2 rings (SSSR count). The van der Waals surface area contributed by atoms with Gasteiger partial charge in [-0.3, -0.25) is 0 Å². The molecule has 94 valence electrons. The van der Waals surface area contributed by atoms with Gasteiger partial charge in [0.15, 0.2) is 5.75 Å². The van der Waals surface area contributed by atoms with Crippen LogP contribution in [0.4, 0.5) is 10.1 Å². The van der Waals surface area contributed by atoms with Gasteiger partial charge in [-0.25, -0.2) is 4.39 Å². The van der Waals surface area contributed by atoms with Crippen LogP contribution in [0.25, 0.3) is 0 Å². The minimum atomic E-state index is -0.365. The lowest BCUT2D eigenvalue weighted by atomic mass is 10.0. The van der Waals surface area contributed by atoms with E-state index in [1.807, 2.05) is 24.3 Å². The van der Waals surface area contributed by atoms with E-state index in [2.05, 4.69) is 13.8 Å². The summed E-state index contributed by atoms with van der Waals surface area (Å²) in [5, 5.41) is 0. The highest BCUT2D eigenvalue weighted by Gasteiger charge is 2.05. The smallest absolute Gasteiger partial charge is 0.150 e. The lowest BCUT2D eigenvalue weighted by Gasteiger charge is -2.11. The molecule has 0 fully saturated rings. The van der Waals surface area contributed by atoms with Gasteiger partial charge in [0.05, 0.1) is 5.69 Å². The van der Waals surface area contributed by atoms with E-state index in [1.54, 1.807) is 0 Å². The van der Waals surface area contributed by atoms with Crippen molar-refractivity contribution < 1.29 is 9.13 Å². The first-order chi connectivity index (χ1) is 8.56. The summed E-state index contributed by atoms with van der Waals surface area (Å²) in [6.07, 6.45) is 0. The third-order valence-corrected chi connectivity index (χ3v) is 2.72. The molecule has 0 aliphatic heterocycles. The molecule has 0 radical (unpaired) electrons. The molecule has 0 aromatic heterocycles. The Labute approximate surface area is 106 Å². The number of rotatable bonds is 3. The van der Waals surface area contributed by atoms with Gasteiger partial charge < -0.3 is 10.5 Å². The lowest BCUT2D eigenvalue weighted by molar-refractivity contribution is 0.482. The van der Waals surface area contributed by atoms with E-state index in [0.717, 1.165) is 0 Å². The van der Waals surface area contributed by atoms with Gasteiger partial charge in [-0.15, -0.1) is 0 Å². The molecular weight excluding hydrogens is 229 g/mol. The molecule has 0 aliphatic carbocycles. The van der Waals surface area contributed by atoms with Crippen LogP contribution in [0.15, 0.2) is 42.5 Å². The van der Waals surface area contributed by atoms with Gasteiger partial charge in [0, 0.05) is 6.07 Å². The van der Waals surface area contributed by atoms with Gasteiger partial charge >= 0.3 is 0 Å². The summed E-state index contributed by atoms with van der Waals surface area (Å²) in [7, 11) is 0. The summed E-state index contributed by atoms with van der Waals surface area (Å²) < 4.78 is 18.6.